The van der Waals surface area contributed by atoms with Gasteiger partial charge in [-0.05, 0) is 19.3 Å². The van der Waals surface area contributed by atoms with E-state index in [-0.39, 0.29) is 0 Å². The van der Waals surface area contributed by atoms with Crippen LogP contribution in [-0.2, 0) is 4.74 Å². The number of hydrogen-bond donors (Lipinski definition) is 1. The summed E-state index contributed by atoms with van der Waals surface area (Å²) in [5.41, 5.74) is 0. The SMILES string of the molecule is COCCCCC=NO. The molecule has 0 aliphatic heterocycles. The van der Waals surface area contributed by atoms with Crippen molar-refractivity contribution in [1.29, 1.82) is 0 Å². The zero-order chi connectivity index (χ0) is 6.95. The Morgan fingerprint density at radius 2 is 2.33 bits per heavy atom. The van der Waals surface area contributed by atoms with Crippen molar-refractivity contribution in [3.05, 3.63) is 0 Å². The quantitative estimate of drug-likeness (QED) is 0.264. The van der Waals surface area contributed by atoms with Crippen molar-refractivity contribution in [2.75, 3.05) is 13.7 Å². The predicted octanol–water partition coefficient (Wildman–Crippen LogP) is 1.26. The van der Waals surface area contributed by atoms with Crippen LogP contribution in [0, 0.1) is 0 Å². The van der Waals surface area contributed by atoms with Gasteiger partial charge in [0, 0.05) is 19.9 Å². The average molecular weight is 131 g/mol. The van der Waals surface area contributed by atoms with Crippen molar-refractivity contribution in [3.8, 4) is 0 Å². The van der Waals surface area contributed by atoms with Crippen molar-refractivity contribution >= 4 is 6.21 Å². The van der Waals surface area contributed by atoms with Gasteiger partial charge in [0.1, 0.15) is 0 Å². The molecule has 0 bridgehead atoms. The number of oxime groups is 1. The van der Waals surface area contributed by atoms with Gasteiger partial charge in [-0.1, -0.05) is 0 Å². The molecule has 3 heteroatoms. The van der Waals surface area contributed by atoms with E-state index >= 15 is 0 Å². The maximum absolute atomic E-state index is 7.96. The fraction of sp³-hybridized carbons (Fsp3) is 0.833. The molecule has 0 aromatic carbocycles. The van der Waals surface area contributed by atoms with Gasteiger partial charge in [-0.3, -0.25) is 0 Å². The van der Waals surface area contributed by atoms with Crippen LogP contribution in [-0.4, -0.2) is 25.1 Å². The molecule has 0 aliphatic carbocycles. The first-order chi connectivity index (χ1) is 4.41. The van der Waals surface area contributed by atoms with Gasteiger partial charge >= 0.3 is 0 Å². The molecule has 0 aromatic heterocycles. The van der Waals surface area contributed by atoms with Gasteiger partial charge < -0.3 is 9.94 Å². The van der Waals surface area contributed by atoms with E-state index in [1.165, 1.54) is 6.21 Å². The van der Waals surface area contributed by atoms with Crippen LogP contribution in [0.4, 0.5) is 0 Å². The van der Waals surface area contributed by atoms with Gasteiger partial charge in [0.2, 0.25) is 0 Å². The molecule has 0 rings (SSSR count). The lowest BCUT2D eigenvalue weighted by Gasteiger charge is -1.93. The molecule has 0 saturated carbocycles. The number of unbranched alkanes of at least 4 members (excludes halogenated alkanes) is 2. The van der Waals surface area contributed by atoms with Crippen LogP contribution in [0.25, 0.3) is 0 Å². The molecule has 0 amide bonds. The van der Waals surface area contributed by atoms with Crippen LogP contribution in [0.15, 0.2) is 5.16 Å². The van der Waals surface area contributed by atoms with E-state index in [2.05, 4.69) is 5.16 Å². The van der Waals surface area contributed by atoms with Gasteiger partial charge in [0.25, 0.3) is 0 Å². The Morgan fingerprint density at radius 1 is 1.56 bits per heavy atom. The summed E-state index contributed by atoms with van der Waals surface area (Å²) in [6.07, 6.45) is 4.38. The molecule has 0 fully saturated rings. The summed E-state index contributed by atoms with van der Waals surface area (Å²) in [5, 5.41) is 10.8. The van der Waals surface area contributed by atoms with Gasteiger partial charge in [-0.2, -0.15) is 0 Å². The van der Waals surface area contributed by atoms with E-state index < -0.39 is 0 Å². The lowest BCUT2D eigenvalue weighted by atomic mass is 10.2. The van der Waals surface area contributed by atoms with E-state index in [4.69, 9.17) is 9.94 Å². The van der Waals surface area contributed by atoms with Crippen molar-refractivity contribution in [2.45, 2.75) is 19.3 Å². The summed E-state index contributed by atoms with van der Waals surface area (Å²) in [4.78, 5) is 0. The van der Waals surface area contributed by atoms with Crippen LogP contribution in [0.3, 0.4) is 0 Å². The molecular weight excluding hydrogens is 118 g/mol. The zero-order valence-electron chi connectivity index (χ0n) is 5.71. The Labute approximate surface area is 55.3 Å². The first kappa shape index (κ1) is 8.43. The van der Waals surface area contributed by atoms with Crippen LogP contribution in [0.5, 0.6) is 0 Å². The van der Waals surface area contributed by atoms with Crippen molar-refractivity contribution in [1.82, 2.24) is 0 Å². The van der Waals surface area contributed by atoms with Gasteiger partial charge in [0.15, 0.2) is 0 Å². The fourth-order valence-corrected chi connectivity index (χ4v) is 0.540. The van der Waals surface area contributed by atoms with E-state index in [9.17, 15) is 0 Å². The van der Waals surface area contributed by atoms with Crippen molar-refractivity contribution in [3.63, 3.8) is 0 Å². The molecule has 0 heterocycles. The minimum Gasteiger partial charge on any atom is -0.411 e. The normalized spacial score (nSPS) is 10.8. The molecular formula is C6H13NO2. The molecule has 1 N–H and O–H groups in total. The Hall–Kier alpha value is -0.570. The molecule has 0 unspecified atom stereocenters. The summed E-state index contributed by atoms with van der Waals surface area (Å²) in [7, 11) is 1.68. The number of methoxy groups -OCH3 is 1. The van der Waals surface area contributed by atoms with Gasteiger partial charge in [-0.15, -0.1) is 5.16 Å². The molecule has 0 atom stereocenters. The second kappa shape index (κ2) is 7.43. The largest absolute Gasteiger partial charge is 0.411 e. The lowest BCUT2D eigenvalue weighted by molar-refractivity contribution is 0.193. The third-order valence-corrected chi connectivity index (χ3v) is 1.01. The third-order valence-electron chi connectivity index (χ3n) is 1.01. The third kappa shape index (κ3) is 7.43. The summed E-state index contributed by atoms with van der Waals surface area (Å²) >= 11 is 0. The number of hydrogen-bond acceptors (Lipinski definition) is 3. The van der Waals surface area contributed by atoms with Gasteiger partial charge in [0.05, 0.1) is 0 Å². The van der Waals surface area contributed by atoms with E-state index in [1.807, 2.05) is 0 Å². The summed E-state index contributed by atoms with van der Waals surface area (Å²) in [6, 6.07) is 0. The Bertz CT molecular complexity index is 73.5. The van der Waals surface area contributed by atoms with Crippen LogP contribution >= 0.6 is 0 Å². The molecule has 0 saturated heterocycles. The zero-order valence-corrected chi connectivity index (χ0v) is 5.71. The second-order valence-electron chi connectivity index (χ2n) is 1.79. The van der Waals surface area contributed by atoms with E-state index in [1.54, 1.807) is 7.11 Å². The highest BCUT2D eigenvalue weighted by Crippen LogP contribution is 1.91. The topological polar surface area (TPSA) is 41.8 Å². The summed E-state index contributed by atoms with van der Waals surface area (Å²) in [6.45, 7) is 0.791. The van der Waals surface area contributed by atoms with Crippen molar-refractivity contribution in [2.24, 2.45) is 5.16 Å². The Balaban J connectivity index is 2.75. The van der Waals surface area contributed by atoms with Crippen LogP contribution in [0.2, 0.25) is 0 Å². The molecule has 0 radical (unpaired) electrons. The number of nitrogens with zero attached hydrogens (tertiary/aromatic N) is 1. The maximum atomic E-state index is 7.96. The molecule has 0 aromatic rings. The second-order valence-corrected chi connectivity index (χ2v) is 1.79. The first-order valence-electron chi connectivity index (χ1n) is 3.06. The number of rotatable bonds is 5. The molecule has 9 heavy (non-hydrogen) atoms. The molecule has 54 valence electrons. The van der Waals surface area contributed by atoms with Gasteiger partial charge in [-0.25, -0.2) is 0 Å². The minimum absolute atomic E-state index is 0.791. The highest BCUT2D eigenvalue weighted by Gasteiger charge is 1.83. The average Bonchev–Trinajstić information content (AvgIpc) is 1.89. The van der Waals surface area contributed by atoms with Crippen LogP contribution in [0.1, 0.15) is 19.3 Å². The lowest BCUT2D eigenvalue weighted by Crippen LogP contribution is -1.87. The molecule has 3 nitrogen and oxygen atoms in total. The van der Waals surface area contributed by atoms with E-state index in [0.717, 1.165) is 25.9 Å². The predicted molar refractivity (Wildman–Crippen MR) is 36.0 cm³/mol. The molecule has 0 spiro atoms. The Kier molecular flexibility index (Phi) is 6.96. The fourth-order valence-electron chi connectivity index (χ4n) is 0.540. The van der Waals surface area contributed by atoms with Crippen LogP contribution < -0.4 is 0 Å². The van der Waals surface area contributed by atoms with E-state index in [0.29, 0.717) is 0 Å². The highest BCUT2D eigenvalue weighted by atomic mass is 16.5. The monoisotopic (exact) mass is 131 g/mol. The molecule has 0 aliphatic rings. The maximum Gasteiger partial charge on any atom is 0.0462 e. The Morgan fingerprint density at radius 3 is 2.89 bits per heavy atom. The minimum atomic E-state index is 0.791. The first-order valence-corrected chi connectivity index (χ1v) is 3.06. The number of ether oxygens (including phenoxy) is 1. The highest BCUT2D eigenvalue weighted by molar-refractivity contribution is 5.55. The smallest absolute Gasteiger partial charge is 0.0462 e. The summed E-state index contributed by atoms with van der Waals surface area (Å²) in [5.74, 6) is 0. The van der Waals surface area contributed by atoms with Crippen molar-refractivity contribution < 1.29 is 9.94 Å². The standard InChI is InChI=1S/C6H13NO2/c1-9-6-4-2-3-5-7-8/h5,8H,2-4,6H2,1H3. The summed E-state index contributed by atoms with van der Waals surface area (Å²) < 4.78 is 4.82.